The van der Waals surface area contributed by atoms with Gasteiger partial charge in [-0.25, -0.2) is 4.98 Å². The van der Waals surface area contributed by atoms with Crippen LogP contribution in [0.1, 0.15) is 30.7 Å². The molecule has 0 aliphatic carbocycles. The van der Waals surface area contributed by atoms with Gasteiger partial charge in [0.1, 0.15) is 0 Å². The Morgan fingerprint density at radius 2 is 2.05 bits per heavy atom. The first kappa shape index (κ1) is 15.1. The molecule has 0 spiro atoms. The lowest BCUT2D eigenvalue weighted by Crippen LogP contribution is -1.89. The Morgan fingerprint density at radius 1 is 1.27 bits per heavy atom. The third kappa shape index (κ3) is 3.15. The molecule has 0 aliphatic rings. The molecular formula is C15H16N4OS2. The number of benzene rings is 1. The Balaban J connectivity index is 1.87. The number of nitrogen functional groups attached to an aromatic ring is 1. The van der Waals surface area contributed by atoms with Crippen LogP contribution in [0, 0.1) is 0 Å². The Labute approximate surface area is 137 Å². The van der Waals surface area contributed by atoms with E-state index >= 15 is 0 Å². The number of hydrogen-bond donors (Lipinski definition) is 1. The molecule has 1 unspecified atom stereocenters. The summed E-state index contributed by atoms with van der Waals surface area (Å²) in [6.45, 7) is 4.12. The molecular weight excluding hydrogens is 316 g/mol. The van der Waals surface area contributed by atoms with E-state index in [1.165, 1.54) is 11.3 Å². The van der Waals surface area contributed by atoms with E-state index in [9.17, 15) is 0 Å². The number of aryl methyl sites for hydroxylation is 1. The summed E-state index contributed by atoms with van der Waals surface area (Å²) in [6.07, 6.45) is 0.830. The molecule has 1 atom stereocenters. The molecule has 0 saturated carbocycles. The number of nitrogens with zero attached hydrogens (tertiary/aromatic N) is 3. The highest BCUT2D eigenvalue weighted by molar-refractivity contribution is 8.01. The van der Waals surface area contributed by atoms with Gasteiger partial charge in [-0.3, -0.25) is 0 Å². The molecule has 3 aromatic rings. The smallest absolute Gasteiger partial charge is 0.208 e. The second-order valence-corrected chi connectivity index (χ2v) is 7.31. The Kier molecular flexibility index (Phi) is 4.44. The van der Waals surface area contributed by atoms with Gasteiger partial charge in [-0.2, -0.15) is 0 Å². The number of oxazole rings is 1. The first-order valence-corrected chi connectivity index (χ1v) is 8.67. The zero-order valence-electron chi connectivity index (χ0n) is 12.3. The van der Waals surface area contributed by atoms with Crippen molar-refractivity contribution in [2.24, 2.45) is 0 Å². The van der Waals surface area contributed by atoms with Crippen molar-refractivity contribution in [3.63, 3.8) is 0 Å². The Bertz CT molecular complexity index is 754. The number of nitrogens with two attached hydrogens (primary N) is 1. The Morgan fingerprint density at radius 3 is 2.68 bits per heavy atom. The van der Waals surface area contributed by atoms with Gasteiger partial charge >= 0.3 is 0 Å². The highest BCUT2D eigenvalue weighted by Crippen LogP contribution is 2.38. The maximum Gasteiger partial charge on any atom is 0.208 e. The van der Waals surface area contributed by atoms with E-state index in [1.54, 1.807) is 11.8 Å². The van der Waals surface area contributed by atoms with Crippen molar-refractivity contribution in [3.05, 3.63) is 41.9 Å². The van der Waals surface area contributed by atoms with Crippen LogP contribution in [0.25, 0.3) is 11.3 Å². The summed E-state index contributed by atoms with van der Waals surface area (Å²) in [5, 5.41) is 8.37. The molecule has 0 amide bonds. The number of aromatic nitrogens is 3. The van der Waals surface area contributed by atoms with Gasteiger partial charge in [0.15, 0.2) is 10.1 Å². The molecule has 22 heavy (non-hydrogen) atoms. The fourth-order valence-electron chi connectivity index (χ4n) is 2.07. The van der Waals surface area contributed by atoms with Gasteiger partial charge in [0.2, 0.25) is 11.0 Å². The van der Waals surface area contributed by atoms with Crippen molar-refractivity contribution >= 4 is 28.2 Å². The summed E-state index contributed by atoms with van der Waals surface area (Å²) in [6, 6.07) is 10.1. The van der Waals surface area contributed by atoms with Gasteiger partial charge in [0, 0.05) is 5.56 Å². The minimum Gasteiger partial charge on any atom is -0.439 e. The quantitative estimate of drug-likeness (QED) is 0.706. The van der Waals surface area contributed by atoms with Crippen LogP contribution in [0.3, 0.4) is 0 Å². The fraction of sp³-hybridized carbons (Fsp3) is 0.267. The van der Waals surface area contributed by atoms with Crippen LogP contribution in [0.2, 0.25) is 0 Å². The number of rotatable bonds is 5. The minimum atomic E-state index is 0.0510. The maximum atomic E-state index is 6.03. The number of thioether (sulfide) groups is 1. The number of hydrogen-bond acceptors (Lipinski definition) is 7. The third-order valence-corrected chi connectivity index (χ3v) is 5.06. The van der Waals surface area contributed by atoms with Gasteiger partial charge in [0.05, 0.1) is 10.9 Å². The molecule has 5 nitrogen and oxygen atoms in total. The number of anilines is 1. The summed E-state index contributed by atoms with van der Waals surface area (Å²) in [7, 11) is 0. The van der Waals surface area contributed by atoms with Crippen molar-refractivity contribution in [2.45, 2.75) is 29.9 Å². The van der Waals surface area contributed by atoms with Gasteiger partial charge in [0.25, 0.3) is 0 Å². The predicted molar refractivity (Wildman–Crippen MR) is 89.9 cm³/mol. The van der Waals surface area contributed by atoms with Crippen molar-refractivity contribution in [1.29, 1.82) is 0 Å². The van der Waals surface area contributed by atoms with E-state index in [4.69, 9.17) is 10.2 Å². The molecule has 2 N–H and O–H groups in total. The van der Waals surface area contributed by atoms with Crippen LogP contribution < -0.4 is 5.73 Å². The lowest BCUT2D eigenvalue weighted by Gasteiger charge is -2.03. The standard InChI is InChI=1S/C15H16N4OS2/c1-3-11-12(10-7-5-4-6-8-10)20-13(17-11)9(2)21-15-19-18-14(16)22-15/h4-9H,3H2,1-2H3,(H2,16,18). The lowest BCUT2D eigenvalue weighted by molar-refractivity contribution is 0.510. The molecule has 1 aromatic carbocycles. The van der Waals surface area contributed by atoms with Gasteiger partial charge in [-0.1, -0.05) is 60.4 Å². The SMILES string of the molecule is CCc1nc(C(C)Sc2nnc(N)s2)oc1-c1ccccc1. The molecule has 0 aliphatic heterocycles. The van der Waals surface area contributed by atoms with E-state index in [1.807, 2.05) is 37.3 Å². The second-order valence-electron chi connectivity index (χ2n) is 4.71. The van der Waals surface area contributed by atoms with Crippen LogP contribution in [-0.4, -0.2) is 15.2 Å². The van der Waals surface area contributed by atoms with Gasteiger partial charge in [-0.05, 0) is 13.3 Å². The van der Waals surface area contributed by atoms with E-state index in [-0.39, 0.29) is 5.25 Å². The molecule has 2 aromatic heterocycles. The molecule has 2 heterocycles. The van der Waals surface area contributed by atoms with Gasteiger partial charge < -0.3 is 10.2 Å². The average Bonchev–Trinajstić information content (AvgIpc) is 3.14. The maximum absolute atomic E-state index is 6.03. The average molecular weight is 332 g/mol. The van der Waals surface area contributed by atoms with Crippen molar-refractivity contribution in [3.8, 4) is 11.3 Å². The normalized spacial score (nSPS) is 12.5. The summed E-state index contributed by atoms with van der Waals surface area (Å²) >= 11 is 2.93. The summed E-state index contributed by atoms with van der Waals surface area (Å²) < 4.78 is 6.85. The van der Waals surface area contributed by atoms with E-state index in [2.05, 4.69) is 22.1 Å². The second kappa shape index (κ2) is 6.50. The molecule has 0 radical (unpaired) electrons. The lowest BCUT2D eigenvalue weighted by atomic mass is 10.1. The highest BCUT2D eigenvalue weighted by Gasteiger charge is 2.20. The topological polar surface area (TPSA) is 77.8 Å². The molecule has 3 rings (SSSR count). The van der Waals surface area contributed by atoms with Crippen LogP contribution in [0.4, 0.5) is 5.13 Å². The van der Waals surface area contributed by atoms with Crippen molar-refractivity contribution in [1.82, 2.24) is 15.2 Å². The van der Waals surface area contributed by atoms with Crippen LogP contribution in [0.15, 0.2) is 39.1 Å². The molecule has 0 saturated heterocycles. The molecule has 114 valence electrons. The minimum absolute atomic E-state index is 0.0510. The summed E-state index contributed by atoms with van der Waals surface area (Å²) in [5.74, 6) is 1.55. The Hall–Kier alpha value is -1.86. The first-order valence-electron chi connectivity index (χ1n) is 6.98. The predicted octanol–water partition coefficient (Wildman–Crippen LogP) is 4.19. The molecule has 0 bridgehead atoms. The fourth-order valence-corrected chi connectivity index (χ4v) is 3.88. The van der Waals surface area contributed by atoms with Crippen molar-refractivity contribution in [2.75, 3.05) is 5.73 Å². The highest BCUT2D eigenvalue weighted by atomic mass is 32.2. The molecule has 7 heteroatoms. The molecule has 0 fully saturated rings. The zero-order chi connectivity index (χ0) is 15.5. The van der Waals surface area contributed by atoms with E-state index in [0.29, 0.717) is 11.0 Å². The largest absolute Gasteiger partial charge is 0.439 e. The third-order valence-electron chi connectivity index (χ3n) is 3.13. The summed E-state index contributed by atoms with van der Waals surface area (Å²) in [4.78, 5) is 4.65. The van der Waals surface area contributed by atoms with Crippen molar-refractivity contribution < 1.29 is 4.42 Å². The monoisotopic (exact) mass is 332 g/mol. The van der Waals surface area contributed by atoms with Crippen LogP contribution >= 0.6 is 23.1 Å². The van der Waals surface area contributed by atoms with E-state index in [0.717, 1.165) is 27.8 Å². The van der Waals surface area contributed by atoms with Crippen LogP contribution in [0.5, 0.6) is 0 Å². The van der Waals surface area contributed by atoms with Gasteiger partial charge in [-0.15, -0.1) is 10.2 Å². The van der Waals surface area contributed by atoms with E-state index < -0.39 is 0 Å². The van der Waals surface area contributed by atoms with Crippen LogP contribution in [-0.2, 0) is 6.42 Å². The zero-order valence-corrected chi connectivity index (χ0v) is 13.9. The summed E-state index contributed by atoms with van der Waals surface area (Å²) in [5.41, 5.74) is 7.64. The first-order chi connectivity index (χ1) is 10.7.